The zero-order valence-corrected chi connectivity index (χ0v) is 13.2. The van der Waals surface area contributed by atoms with Crippen molar-refractivity contribution in [1.29, 1.82) is 0 Å². The molecule has 3 rings (SSSR count). The summed E-state index contributed by atoms with van der Waals surface area (Å²) in [4.78, 5) is 18.5. The lowest BCUT2D eigenvalue weighted by Gasteiger charge is -2.17. The molecule has 0 saturated carbocycles. The number of benzene rings is 1. The van der Waals surface area contributed by atoms with Crippen LogP contribution in [0.25, 0.3) is 0 Å². The molecule has 1 aliphatic rings. The second-order valence-corrected chi connectivity index (χ2v) is 6.03. The Morgan fingerprint density at radius 1 is 1.27 bits per heavy atom. The highest BCUT2D eigenvalue weighted by molar-refractivity contribution is 6.30. The van der Waals surface area contributed by atoms with Gasteiger partial charge in [-0.1, -0.05) is 41.4 Å². The van der Waals surface area contributed by atoms with Crippen LogP contribution in [-0.4, -0.2) is 28.4 Å². The molecule has 4 nitrogen and oxygen atoms in total. The normalized spacial score (nSPS) is 17.8. The van der Waals surface area contributed by atoms with Crippen LogP contribution in [0.5, 0.6) is 0 Å². The molecule has 1 unspecified atom stereocenters. The number of rotatable bonds is 4. The van der Waals surface area contributed by atoms with Gasteiger partial charge < -0.3 is 10.2 Å². The largest absolute Gasteiger partial charge is 0.358 e. The van der Waals surface area contributed by atoms with Crippen LogP contribution in [0.4, 0.5) is 5.82 Å². The van der Waals surface area contributed by atoms with Crippen molar-refractivity contribution >= 4 is 23.3 Å². The summed E-state index contributed by atoms with van der Waals surface area (Å²) in [5.41, 5.74) is 2.38. The molecule has 1 atom stereocenters. The van der Waals surface area contributed by atoms with Crippen LogP contribution in [0.1, 0.15) is 17.5 Å². The number of aromatic nitrogens is 1. The van der Waals surface area contributed by atoms with E-state index in [1.807, 2.05) is 4.90 Å². The monoisotopic (exact) mass is 315 g/mol. The second kappa shape index (κ2) is 6.36. The molecule has 2 heterocycles. The summed E-state index contributed by atoms with van der Waals surface area (Å²) in [5, 5.41) is 3.77. The minimum Gasteiger partial charge on any atom is -0.358 e. The number of halogens is 1. The molecule has 2 aromatic rings. The molecule has 1 aromatic carbocycles. The van der Waals surface area contributed by atoms with Gasteiger partial charge in [-0.25, -0.2) is 4.98 Å². The SMILES string of the molecule is Cc1ccc(CN2CCC(Nc3ccc(Cl)cn3)C2=O)cc1. The number of nitrogens with zero attached hydrogens (tertiary/aromatic N) is 2. The predicted octanol–water partition coefficient (Wildman–Crippen LogP) is 3.26. The van der Waals surface area contributed by atoms with Crippen LogP contribution >= 0.6 is 11.6 Å². The Morgan fingerprint density at radius 3 is 2.73 bits per heavy atom. The van der Waals surface area contributed by atoms with Gasteiger partial charge in [0.15, 0.2) is 0 Å². The van der Waals surface area contributed by atoms with Gasteiger partial charge in [0.25, 0.3) is 0 Å². The molecule has 114 valence electrons. The number of amides is 1. The third-order valence-corrected chi connectivity index (χ3v) is 4.06. The molecule has 1 N–H and O–H groups in total. The molecule has 22 heavy (non-hydrogen) atoms. The Morgan fingerprint density at radius 2 is 2.05 bits per heavy atom. The molecule has 0 radical (unpaired) electrons. The van der Waals surface area contributed by atoms with Gasteiger partial charge in [0.2, 0.25) is 5.91 Å². The number of pyridine rings is 1. The predicted molar refractivity (Wildman–Crippen MR) is 87.9 cm³/mol. The van der Waals surface area contributed by atoms with Crippen molar-refractivity contribution in [3.8, 4) is 0 Å². The van der Waals surface area contributed by atoms with Gasteiger partial charge in [-0.2, -0.15) is 0 Å². The molecular formula is C17H18ClN3O. The quantitative estimate of drug-likeness (QED) is 0.942. The first-order valence-corrected chi connectivity index (χ1v) is 7.72. The molecular weight excluding hydrogens is 298 g/mol. The average Bonchev–Trinajstić information content (AvgIpc) is 2.85. The Kier molecular flexibility index (Phi) is 4.29. The third-order valence-electron chi connectivity index (χ3n) is 3.84. The number of carbonyl (C=O) groups is 1. The van der Waals surface area contributed by atoms with Crippen molar-refractivity contribution in [3.63, 3.8) is 0 Å². The summed E-state index contributed by atoms with van der Waals surface area (Å²) >= 11 is 5.82. The number of aryl methyl sites for hydroxylation is 1. The van der Waals surface area contributed by atoms with Crippen LogP contribution in [0.2, 0.25) is 5.02 Å². The first-order valence-electron chi connectivity index (χ1n) is 7.34. The van der Waals surface area contributed by atoms with Gasteiger partial charge in [-0.15, -0.1) is 0 Å². The standard InChI is InChI=1S/C17H18ClN3O/c1-12-2-4-13(5-3-12)11-21-9-8-15(17(21)22)20-16-7-6-14(18)10-19-16/h2-7,10,15H,8-9,11H2,1H3,(H,19,20). The summed E-state index contributed by atoms with van der Waals surface area (Å²) in [7, 11) is 0. The number of hydrogen-bond acceptors (Lipinski definition) is 3. The van der Waals surface area contributed by atoms with Crippen molar-refractivity contribution in [1.82, 2.24) is 9.88 Å². The third kappa shape index (κ3) is 3.39. The van der Waals surface area contributed by atoms with E-state index in [9.17, 15) is 4.79 Å². The molecule has 1 amide bonds. The summed E-state index contributed by atoms with van der Waals surface area (Å²) in [6.45, 7) is 3.48. The number of hydrogen-bond donors (Lipinski definition) is 1. The summed E-state index contributed by atoms with van der Waals surface area (Å²) in [6.07, 6.45) is 2.36. The molecule has 0 aliphatic carbocycles. The zero-order valence-electron chi connectivity index (χ0n) is 12.4. The highest BCUT2D eigenvalue weighted by Crippen LogP contribution is 2.19. The molecule has 0 bridgehead atoms. The van der Waals surface area contributed by atoms with Crippen LogP contribution < -0.4 is 5.32 Å². The first kappa shape index (κ1) is 14.9. The van der Waals surface area contributed by atoms with Gasteiger partial charge in [0.05, 0.1) is 5.02 Å². The lowest BCUT2D eigenvalue weighted by Crippen LogP contribution is -2.33. The van der Waals surface area contributed by atoms with E-state index in [1.165, 1.54) is 5.56 Å². The van der Waals surface area contributed by atoms with Gasteiger partial charge in [0, 0.05) is 19.3 Å². The van der Waals surface area contributed by atoms with Crippen molar-refractivity contribution < 1.29 is 4.79 Å². The molecule has 1 saturated heterocycles. The minimum atomic E-state index is -0.209. The van der Waals surface area contributed by atoms with Crippen molar-refractivity contribution in [2.75, 3.05) is 11.9 Å². The molecule has 0 spiro atoms. The topological polar surface area (TPSA) is 45.2 Å². The fourth-order valence-corrected chi connectivity index (χ4v) is 2.70. The van der Waals surface area contributed by atoms with Crippen molar-refractivity contribution in [2.45, 2.75) is 25.9 Å². The van der Waals surface area contributed by atoms with E-state index in [-0.39, 0.29) is 11.9 Å². The molecule has 1 aliphatic heterocycles. The number of likely N-dealkylation sites (tertiary alicyclic amines) is 1. The number of carbonyl (C=O) groups excluding carboxylic acids is 1. The summed E-state index contributed by atoms with van der Waals surface area (Å²) in [6, 6.07) is 11.6. The first-order chi connectivity index (χ1) is 10.6. The van der Waals surface area contributed by atoms with E-state index in [0.717, 1.165) is 18.5 Å². The smallest absolute Gasteiger partial charge is 0.245 e. The van der Waals surface area contributed by atoms with Crippen LogP contribution in [0, 0.1) is 6.92 Å². The van der Waals surface area contributed by atoms with E-state index in [0.29, 0.717) is 17.4 Å². The molecule has 1 fully saturated rings. The Bertz CT molecular complexity index is 597. The van der Waals surface area contributed by atoms with E-state index in [2.05, 4.69) is 41.5 Å². The Hall–Kier alpha value is -2.07. The van der Waals surface area contributed by atoms with Crippen molar-refractivity contribution in [3.05, 3.63) is 58.7 Å². The second-order valence-electron chi connectivity index (χ2n) is 5.59. The maximum atomic E-state index is 12.5. The lowest BCUT2D eigenvalue weighted by atomic mass is 10.1. The molecule has 5 heteroatoms. The number of nitrogens with one attached hydrogen (secondary N) is 1. The van der Waals surface area contributed by atoms with Gasteiger partial charge in [-0.3, -0.25) is 4.79 Å². The van der Waals surface area contributed by atoms with E-state index >= 15 is 0 Å². The zero-order chi connectivity index (χ0) is 15.5. The van der Waals surface area contributed by atoms with Gasteiger partial charge in [-0.05, 0) is 31.0 Å². The fraction of sp³-hybridized carbons (Fsp3) is 0.294. The lowest BCUT2D eigenvalue weighted by molar-refractivity contribution is -0.128. The van der Waals surface area contributed by atoms with Gasteiger partial charge >= 0.3 is 0 Å². The van der Waals surface area contributed by atoms with Crippen molar-refractivity contribution in [2.24, 2.45) is 0 Å². The molecule has 1 aromatic heterocycles. The van der Waals surface area contributed by atoms with Crippen LogP contribution in [-0.2, 0) is 11.3 Å². The fourth-order valence-electron chi connectivity index (χ4n) is 2.58. The minimum absolute atomic E-state index is 0.123. The van der Waals surface area contributed by atoms with Gasteiger partial charge in [0.1, 0.15) is 11.9 Å². The van der Waals surface area contributed by atoms with E-state index in [1.54, 1.807) is 18.3 Å². The highest BCUT2D eigenvalue weighted by Gasteiger charge is 2.31. The number of anilines is 1. The maximum absolute atomic E-state index is 12.5. The Labute approximate surface area is 135 Å². The van der Waals surface area contributed by atoms with E-state index in [4.69, 9.17) is 11.6 Å². The van der Waals surface area contributed by atoms with Crippen LogP contribution in [0.3, 0.4) is 0 Å². The maximum Gasteiger partial charge on any atom is 0.245 e. The summed E-state index contributed by atoms with van der Waals surface area (Å²) < 4.78 is 0. The average molecular weight is 316 g/mol. The highest BCUT2D eigenvalue weighted by atomic mass is 35.5. The van der Waals surface area contributed by atoms with E-state index < -0.39 is 0 Å². The van der Waals surface area contributed by atoms with Crippen LogP contribution in [0.15, 0.2) is 42.6 Å². The Balaban J connectivity index is 1.62. The summed E-state index contributed by atoms with van der Waals surface area (Å²) in [5.74, 6) is 0.803.